The Bertz CT molecular complexity index is 366. The third kappa shape index (κ3) is 3.74. The Balaban J connectivity index is 2.63. The fourth-order valence-electron chi connectivity index (χ4n) is 1.30. The van der Waals surface area contributed by atoms with Gasteiger partial charge in [-0.1, -0.05) is 24.6 Å². The molecule has 0 aliphatic rings. The summed E-state index contributed by atoms with van der Waals surface area (Å²) in [4.78, 5) is 11.5. The van der Waals surface area contributed by atoms with Gasteiger partial charge >= 0.3 is 0 Å². The van der Waals surface area contributed by atoms with Crippen LogP contribution < -0.4 is 10.1 Å². The van der Waals surface area contributed by atoms with E-state index in [1.54, 1.807) is 19.2 Å². The lowest BCUT2D eigenvalue weighted by Crippen LogP contribution is -2.25. The van der Waals surface area contributed by atoms with Gasteiger partial charge in [-0.25, -0.2) is 0 Å². The van der Waals surface area contributed by atoms with Gasteiger partial charge in [-0.15, -0.1) is 0 Å². The first kappa shape index (κ1) is 12.8. The summed E-state index contributed by atoms with van der Waals surface area (Å²) in [7, 11) is 1.58. The highest BCUT2D eigenvalue weighted by Gasteiger charge is 2.07. The summed E-state index contributed by atoms with van der Waals surface area (Å²) in [5.41, 5.74) is 0.816. The average molecular weight is 242 g/mol. The Morgan fingerprint density at radius 1 is 1.50 bits per heavy atom. The number of hydrogen-bond acceptors (Lipinski definition) is 2. The van der Waals surface area contributed by atoms with Crippen molar-refractivity contribution in [3.63, 3.8) is 0 Å². The van der Waals surface area contributed by atoms with Crippen LogP contribution >= 0.6 is 11.6 Å². The molecule has 16 heavy (non-hydrogen) atoms. The van der Waals surface area contributed by atoms with Gasteiger partial charge < -0.3 is 10.1 Å². The smallest absolute Gasteiger partial charge is 0.224 e. The maximum atomic E-state index is 11.5. The maximum absolute atomic E-state index is 11.5. The highest BCUT2D eigenvalue weighted by atomic mass is 35.5. The van der Waals surface area contributed by atoms with Crippen LogP contribution in [0.3, 0.4) is 0 Å². The molecule has 0 spiro atoms. The Kier molecular flexibility index (Phi) is 5.12. The first-order valence-corrected chi connectivity index (χ1v) is 5.64. The van der Waals surface area contributed by atoms with Crippen LogP contribution in [0.2, 0.25) is 5.02 Å². The van der Waals surface area contributed by atoms with Crippen molar-refractivity contribution < 1.29 is 9.53 Å². The molecule has 0 atom stereocenters. The molecule has 88 valence electrons. The predicted octanol–water partition coefficient (Wildman–Crippen LogP) is 2.42. The van der Waals surface area contributed by atoms with Crippen molar-refractivity contribution in [3.8, 4) is 5.75 Å². The summed E-state index contributed by atoms with van der Waals surface area (Å²) < 4.78 is 5.03. The quantitative estimate of drug-likeness (QED) is 0.860. The van der Waals surface area contributed by atoms with Gasteiger partial charge in [0.25, 0.3) is 0 Å². The number of methoxy groups -OCH3 is 1. The van der Waals surface area contributed by atoms with Gasteiger partial charge in [-0.05, 0) is 24.1 Å². The zero-order chi connectivity index (χ0) is 12.0. The SMILES string of the molecule is CCCNC(=O)Cc1ccc(OC)cc1Cl. The van der Waals surface area contributed by atoms with Crippen molar-refractivity contribution >= 4 is 17.5 Å². The van der Waals surface area contributed by atoms with E-state index in [1.165, 1.54) is 0 Å². The molecular formula is C12H16ClNO2. The van der Waals surface area contributed by atoms with Crippen molar-refractivity contribution in [1.29, 1.82) is 0 Å². The Labute approximate surface area is 101 Å². The molecule has 0 fully saturated rings. The van der Waals surface area contributed by atoms with E-state index in [0.717, 1.165) is 12.0 Å². The molecule has 0 bridgehead atoms. The summed E-state index contributed by atoms with van der Waals surface area (Å²) in [6.45, 7) is 2.72. The lowest BCUT2D eigenvalue weighted by Gasteiger charge is -2.07. The van der Waals surface area contributed by atoms with Gasteiger partial charge in [0.1, 0.15) is 5.75 Å². The standard InChI is InChI=1S/C12H16ClNO2/c1-3-6-14-12(15)7-9-4-5-10(16-2)8-11(9)13/h4-5,8H,3,6-7H2,1-2H3,(H,14,15). The molecule has 1 amide bonds. The van der Waals surface area contributed by atoms with Crippen molar-refractivity contribution in [2.75, 3.05) is 13.7 Å². The second-order valence-electron chi connectivity index (χ2n) is 3.48. The fraction of sp³-hybridized carbons (Fsp3) is 0.417. The minimum Gasteiger partial charge on any atom is -0.497 e. The van der Waals surface area contributed by atoms with E-state index in [0.29, 0.717) is 23.7 Å². The number of ether oxygens (including phenoxy) is 1. The number of hydrogen-bond donors (Lipinski definition) is 1. The van der Waals surface area contributed by atoms with Crippen LogP contribution in [0.15, 0.2) is 18.2 Å². The average Bonchev–Trinajstić information content (AvgIpc) is 2.29. The maximum Gasteiger partial charge on any atom is 0.224 e. The van der Waals surface area contributed by atoms with Crippen molar-refractivity contribution in [2.45, 2.75) is 19.8 Å². The van der Waals surface area contributed by atoms with E-state index in [1.807, 2.05) is 13.0 Å². The summed E-state index contributed by atoms with van der Waals surface area (Å²) in [5, 5.41) is 3.37. The van der Waals surface area contributed by atoms with Gasteiger partial charge in [0.2, 0.25) is 5.91 Å². The lowest BCUT2D eigenvalue weighted by molar-refractivity contribution is -0.120. The van der Waals surface area contributed by atoms with Crippen LogP contribution in [0.25, 0.3) is 0 Å². The zero-order valence-corrected chi connectivity index (χ0v) is 10.3. The van der Waals surface area contributed by atoms with E-state index >= 15 is 0 Å². The summed E-state index contributed by atoms with van der Waals surface area (Å²) in [5.74, 6) is 0.691. The number of nitrogens with one attached hydrogen (secondary N) is 1. The molecule has 4 heteroatoms. The first-order chi connectivity index (χ1) is 7.67. The second kappa shape index (κ2) is 6.38. The third-order valence-electron chi connectivity index (χ3n) is 2.18. The van der Waals surface area contributed by atoms with Crippen LogP contribution in [0.1, 0.15) is 18.9 Å². The zero-order valence-electron chi connectivity index (χ0n) is 9.55. The van der Waals surface area contributed by atoms with Crippen molar-refractivity contribution in [1.82, 2.24) is 5.32 Å². The van der Waals surface area contributed by atoms with E-state index in [4.69, 9.17) is 16.3 Å². The van der Waals surface area contributed by atoms with E-state index in [9.17, 15) is 4.79 Å². The minimum absolute atomic E-state index is 0.00563. The number of benzene rings is 1. The van der Waals surface area contributed by atoms with E-state index in [-0.39, 0.29) is 5.91 Å². The van der Waals surface area contributed by atoms with Gasteiger partial charge in [-0.3, -0.25) is 4.79 Å². The molecule has 0 saturated heterocycles. The van der Waals surface area contributed by atoms with Crippen LogP contribution in [0.4, 0.5) is 0 Å². The molecule has 1 rings (SSSR count). The molecule has 0 heterocycles. The van der Waals surface area contributed by atoms with Crippen molar-refractivity contribution in [2.24, 2.45) is 0 Å². The number of rotatable bonds is 5. The van der Waals surface area contributed by atoms with Crippen LogP contribution in [-0.4, -0.2) is 19.6 Å². The number of carbonyl (C=O) groups is 1. The molecule has 0 aliphatic carbocycles. The number of carbonyl (C=O) groups excluding carboxylic acids is 1. The Hall–Kier alpha value is -1.22. The molecule has 0 aliphatic heterocycles. The normalized spacial score (nSPS) is 9.94. The van der Waals surface area contributed by atoms with Crippen LogP contribution in [0.5, 0.6) is 5.75 Å². The molecule has 0 saturated carbocycles. The molecule has 0 aromatic heterocycles. The molecule has 1 aromatic carbocycles. The highest BCUT2D eigenvalue weighted by Crippen LogP contribution is 2.22. The lowest BCUT2D eigenvalue weighted by atomic mass is 10.1. The second-order valence-corrected chi connectivity index (χ2v) is 3.89. The number of amides is 1. The van der Waals surface area contributed by atoms with Gasteiger partial charge in [0, 0.05) is 11.6 Å². The van der Waals surface area contributed by atoms with Gasteiger partial charge in [-0.2, -0.15) is 0 Å². The summed E-state index contributed by atoms with van der Waals surface area (Å²) >= 11 is 6.03. The molecule has 3 nitrogen and oxygen atoms in total. The van der Waals surface area contributed by atoms with Crippen LogP contribution in [0, 0.1) is 0 Å². The molecule has 1 N–H and O–H groups in total. The summed E-state index contributed by atoms with van der Waals surface area (Å²) in [6.07, 6.45) is 1.24. The topological polar surface area (TPSA) is 38.3 Å². The molecule has 1 aromatic rings. The van der Waals surface area contributed by atoms with Crippen LogP contribution in [-0.2, 0) is 11.2 Å². The molecule has 0 radical (unpaired) electrons. The van der Waals surface area contributed by atoms with Gasteiger partial charge in [0.15, 0.2) is 0 Å². The Morgan fingerprint density at radius 2 is 2.25 bits per heavy atom. The fourth-order valence-corrected chi connectivity index (χ4v) is 1.54. The largest absolute Gasteiger partial charge is 0.497 e. The predicted molar refractivity (Wildman–Crippen MR) is 65.0 cm³/mol. The van der Waals surface area contributed by atoms with E-state index < -0.39 is 0 Å². The molecular weight excluding hydrogens is 226 g/mol. The first-order valence-electron chi connectivity index (χ1n) is 5.26. The van der Waals surface area contributed by atoms with Crippen molar-refractivity contribution in [3.05, 3.63) is 28.8 Å². The third-order valence-corrected chi connectivity index (χ3v) is 2.54. The highest BCUT2D eigenvalue weighted by molar-refractivity contribution is 6.31. The minimum atomic E-state index is -0.00563. The monoisotopic (exact) mass is 241 g/mol. The molecule has 0 unspecified atom stereocenters. The summed E-state index contributed by atoms with van der Waals surface area (Å²) in [6, 6.07) is 5.32. The number of halogens is 1. The van der Waals surface area contributed by atoms with Gasteiger partial charge in [0.05, 0.1) is 13.5 Å². The Morgan fingerprint density at radius 3 is 2.81 bits per heavy atom. The van der Waals surface area contributed by atoms with E-state index in [2.05, 4.69) is 5.32 Å².